The Labute approximate surface area is 163 Å². The van der Waals surface area contributed by atoms with Crippen molar-refractivity contribution in [1.29, 1.82) is 0 Å². The summed E-state index contributed by atoms with van der Waals surface area (Å²) in [5.74, 6) is 1.49. The number of esters is 1. The molecule has 0 fully saturated rings. The van der Waals surface area contributed by atoms with E-state index in [9.17, 15) is 4.79 Å². The molecule has 0 aliphatic rings. The summed E-state index contributed by atoms with van der Waals surface area (Å²) in [5.41, 5.74) is 1.33. The van der Waals surface area contributed by atoms with Gasteiger partial charge in [0.05, 0.1) is 34.0 Å². The molecule has 0 N–H and O–H groups in total. The van der Waals surface area contributed by atoms with Gasteiger partial charge in [0.15, 0.2) is 0 Å². The summed E-state index contributed by atoms with van der Waals surface area (Å²) >= 11 is 0. The molecule has 27 heavy (non-hydrogen) atoms. The molecule has 0 spiro atoms. The van der Waals surface area contributed by atoms with E-state index in [2.05, 4.69) is 6.92 Å². The second kappa shape index (κ2) is 13.1. The molecule has 0 heterocycles. The van der Waals surface area contributed by atoms with Crippen molar-refractivity contribution in [2.75, 3.05) is 28.4 Å². The smallest absolute Gasteiger partial charge is 0.333 e. The summed E-state index contributed by atoms with van der Waals surface area (Å²) in [6.07, 6.45) is 10.8. The largest absolute Gasteiger partial charge is 0.496 e. The monoisotopic (exact) mass is 378 g/mol. The molecule has 0 aromatic heterocycles. The maximum absolute atomic E-state index is 12.2. The summed E-state index contributed by atoms with van der Waals surface area (Å²) in [6, 6.07) is 3.55. The van der Waals surface area contributed by atoms with Gasteiger partial charge in [-0.1, -0.05) is 45.4 Å². The van der Waals surface area contributed by atoms with E-state index in [1.54, 1.807) is 39.5 Å². The molecule has 152 valence electrons. The summed E-state index contributed by atoms with van der Waals surface area (Å²) in [5, 5.41) is 0. The zero-order chi connectivity index (χ0) is 20.1. The molecular formula is C22H34O5. The molecule has 0 amide bonds. The highest BCUT2D eigenvalue weighted by Crippen LogP contribution is 2.36. The van der Waals surface area contributed by atoms with Gasteiger partial charge in [0.2, 0.25) is 0 Å². The quantitative estimate of drug-likeness (QED) is 0.261. The number of carbonyl (C=O) groups is 1. The zero-order valence-corrected chi connectivity index (χ0v) is 17.4. The van der Waals surface area contributed by atoms with Crippen molar-refractivity contribution < 1.29 is 23.7 Å². The van der Waals surface area contributed by atoms with E-state index in [0.717, 1.165) is 12.8 Å². The Morgan fingerprint density at radius 1 is 0.852 bits per heavy atom. The Morgan fingerprint density at radius 2 is 1.41 bits per heavy atom. The molecule has 0 aliphatic heterocycles. The van der Waals surface area contributed by atoms with E-state index in [0.29, 0.717) is 34.8 Å². The van der Waals surface area contributed by atoms with E-state index in [-0.39, 0.29) is 5.97 Å². The van der Waals surface area contributed by atoms with Crippen LogP contribution in [0.4, 0.5) is 0 Å². The standard InChI is InChI=1S/C22H34O5/c1-6-7-8-9-10-11-12-13-17(22(23)27-5)14-19-20(25-3)15-18(24-2)16-21(19)26-4/h14-16H,6-13H2,1-5H3. The van der Waals surface area contributed by atoms with Crippen molar-refractivity contribution >= 4 is 12.0 Å². The van der Waals surface area contributed by atoms with Gasteiger partial charge in [-0.05, 0) is 18.9 Å². The van der Waals surface area contributed by atoms with Gasteiger partial charge in [0, 0.05) is 17.7 Å². The average Bonchev–Trinajstić information content (AvgIpc) is 2.71. The topological polar surface area (TPSA) is 54.0 Å². The van der Waals surface area contributed by atoms with Crippen molar-refractivity contribution in [3.63, 3.8) is 0 Å². The van der Waals surface area contributed by atoms with E-state index in [4.69, 9.17) is 18.9 Å². The molecule has 0 radical (unpaired) electrons. The van der Waals surface area contributed by atoms with Crippen molar-refractivity contribution in [2.45, 2.75) is 58.3 Å². The van der Waals surface area contributed by atoms with Crippen LogP contribution in [0.5, 0.6) is 17.2 Å². The predicted octanol–water partition coefficient (Wildman–Crippen LogP) is 5.41. The van der Waals surface area contributed by atoms with Gasteiger partial charge >= 0.3 is 5.97 Å². The van der Waals surface area contributed by atoms with Crippen molar-refractivity contribution in [3.8, 4) is 17.2 Å². The molecular weight excluding hydrogens is 344 g/mol. The molecule has 0 saturated heterocycles. The van der Waals surface area contributed by atoms with E-state index in [1.165, 1.54) is 39.2 Å². The first-order valence-electron chi connectivity index (χ1n) is 9.70. The van der Waals surface area contributed by atoms with E-state index in [1.807, 2.05) is 0 Å². The second-order valence-corrected chi connectivity index (χ2v) is 6.48. The average molecular weight is 379 g/mol. The van der Waals surface area contributed by atoms with Crippen LogP contribution in [0.15, 0.2) is 17.7 Å². The van der Waals surface area contributed by atoms with E-state index >= 15 is 0 Å². The van der Waals surface area contributed by atoms with Crippen LogP contribution in [0.25, 0.3) is 6.08 Å². The third-order valence-electron chi connectivity index (χ3n) is 4.57. The van der Waals surface area contributed by atoms with Gasteiger partial charge in [-0.2, -0.15) is 0 Å². The fourth-order valence-electron chi connectivity index (χ4n) is 2.99. The Balaban J connectivity index is 2.93. The Hall–Kier alpha value is -2.17. The molecule has 0 bridgehead atoms. The second-order valence-electron chi connectivity index (χ2n) is 6.48. The van der Waals surface area contributed by atoms with Gasteiger partial charge < -0.3 is 18.9 Å². The van der Waals surface area contributed by atoms with Gasteiger partial charge in [0.25, 0.3) is 0 Å². The minimum absolute atomic E-state index is 0.319. The first-order valence-corrected chi connectivity index (χ1v) is 9.70. The maximum atomic E-state index is 12.2. The molecule has 5 nitrogen and oxygen atoms in total. The van der Waals surface area contributed by atoms with Gasteiger partial charge in [-0.25, -0.2) is 4.79 Å². The lowest BCUT2D eigenvalue weighted by Crippen LogP contribution is -2.05. The lowest BCUT2D eigenvalue weighted by atomic mass is 10.0. The molecule has 5 heteroatoms. The Morgan fingerprint density at radius 3 is 1.89 bits per heavy atom. The van der Waals surface area contributed by atoms with Crippen LogP contribution >= 0.6 is 0 Å². The van der Waals surface area contributed by atoms with Crippen molar-refractivity contribution in [1.82, 2.24) is 0 Å². The predicted molar refractivity (Wildman–Crippen MR) is 109 cm³/mol. The summed E-state index contributed by atoms with van der Waals surface area (Å²) in [4.78, 5) is 12.2. The fraction of sp³-hybridized carbons (Fsp3) is 0.591. The van der Waals surface area contributed by atoms with Crippen LogP contribution in [-0.2, 0) is 9.53 Å². The number of rotatable bonds is 13. The molecule has 1 aromatic carbocycles. The number of hydrogen-bond donors (Lipinski definition) is 0. The van der Waals surface area contributed by atoms with Gasteiger partial charge in [-0.3, -0.25) is 0 Å². The first-order chi connectivity index (χ1) is 13.1. The maximum Gasteiger partial charge on any atom is 0.333 e. The number of ether oxygens (including phenoxy) is 4. The van der Waals surface area contributed by atoms with Crippen LogP contribution in [0.3, 0.4) is 0 Å². The van der Waals surface area contributed by atoms with Crippen LogP contribution < -0.4 is 14.2 Å². The van der Waals surface area contributed by atoms with Crippen molar-refractivity contribution in [2.24, 2.45) is 0 Å². The SMILES string of the molecule is CCCCCCCCCC(=Cc1c(OC)cc(OC)cc1OC)C(=O)OC. The van der Waals surface area contributed by atoms with Crippen molar-refractivity contribution in [3.05, 3.63) is 23.3 Å². The lowest BCUT2D eigenvalue weighted by molar-refractivity contribution is -0.136. The number of methoxy groups -OCH3 is 4. The molecule has 1 rings (SSSR count). The number of unbranched alkanes of at least 4 members (excludes halogenated alkanes) is 6. The van der Waals surface area contributed by atoms with Crippen LogP contribution in [0.1, 0.15) is 63.9 Å². The van der Waals surface area contributed by atoms with Gasteiger partial charge in [0.1, 0.15) is 17.2 Å². The minimum atomic E-state index is -0.319. The third-order valence-corrected chi connectivity index (χ3v) is 4.57. The first kappa shape index (κ1) is 22.9. The number of benzene rings is 1. The number of hydrogen-bond acceptors (Lipinski definition) is 5. The van der Waals surface area contributed by atoms with Crippen LogP contribution in [-0.4, -0.2) is 34.4 Å². The van der Waals surface area contributed by atoms with Crippen LogP contribution in [0, 0.1) is 0 Å². The molecule has 0 atom stereocenters. The molecule has 0 saturated carbocycles. The molecule has 0 aliphatic carbocycles. The summed E-state index contributed by atoms with van der Waals surface area (Å²) in [6.45, 7) is 2.22. The third kappa shape index (κ3) is 7.53. The number of carbonyl (C=O) groups excluding carboxylic acids is 1. The lowest BCUT2D eigenvalue weighted by Gasteiger charge is -2.14. The molecule has 1 aromatic rings. The Kier molecular flexibility index (Phi) is 11.1. The minimum Gasteiger partial charge on any atom is -0.496 e. The highest BCUT2D eigenvalue weighted by Gasteiger charge is 2.16. The molecule has 0 unspecified atom stereocenters. The van der Waals surface area contributed by atoms with E-state index < -0.39 is 0 Å². The highest BCUT2D eigenvalue weighted by atomic mass is 16.5. The zero-order valence-electron chi connectivity index (χ0n) is 17.4. The van der Waals surface area contributed by atoms with Gasteiger partial charge in [-0.15, -0.1) is 0 Å². The summed E-state index contributed by atoms with van der Waals surface area (Å²) in [7, 11) is 6.16. The summed E-state index contributed by atoms with van der Waals surface area (Å²) < 4.78 is 21.2. The Bertz CT molecular complexity index is 582. The fourth-order valence-corrected chi connectivity index (χ4v) is 2.99. The normalized spacial score (nSPS) is 11.2. The van der Waals surface area contributed by atoms with Crippen LogP contribution in [0.2, 0.25) is 0 Å². The highest BCUT2D eigenvalue weighted by molar-refractivity contribution is 5.94.